The Bertz CT molecular complexity index is 484. The van der Waals surface area contributed by atoms with Crippen LogP contribution in [0, 0.1) is 5.92 Å². The third-order valence-corrected chi connectivity index (χ3v) is 3.94. The van der Waals surface area contributed by atoms with Crippen molar-refractivity contribution in [3.63, 3.8) is 0 Å². The molecule has 0 aliphatic heterocycles. The molecule has 21 heavy (non-hydrogen) atoms. The molecule has 6 heteroatoms. The van der Waals surface area contributed by atoms with Gasteiger partial charge >= 0.3 is 12.0 Å². The van der Waals surface area contributed by atoms with E-state index in [0.717, 1.165) is 5.56 Å². The lowest BCUT2D eigenvalue weighted by atomic mass is 9.86. The van der Waals surface area contributed by atoms with Crippen molar-refractivity contribution in [1.29, 1.82) is 0 Å². The van der Waals surface area contributed by atoms with Crippen LogP contribution < -0.4 is 10.6 Å². The summed E-state index contributed by atoms with van der Waals surface area (Å²) in [6.45, 7) is 1.90. The Morgan fingerprint density at radius 1 is 1.33 bits per heavy atom. The minimum atomic E-state index is -0.733. The van der Waals surface area contributed by atoms with Gasteiger partial charge in [-0.2, -0.15) is 0 Å². The van der Waals surface area contributed by atoms with E-state index < -0.39 is 5.97 Å². The molecule has 6 nitrogen and oxygen atoms in total. The summed E-state index contributed by atoms with van der Waals surface area (Å²) in [7, 11) is 0. The summed E-state index contributed by atoms with van der Waals surface area (Å²) in [5, 5.41) is 14.7. The minimum absolute atomic E-state index is 0.0571. The second-order valence-corrected chi connectivity index (χ2v) is 5.51. The highest BCUT2D eigenvalue weighted by Gasteiger charge is 2.26. The van der Waals surface area contributed by atoms with Gasteiger partial charge in [0.15, 0.2) is 0 Å². The number of aliphatic carboxylic acids is 1. The van der Waals surface area contributed by atoms with E-state index in [0.29, 0.717) is 25.7 Å². The first kappa shape index (κ1) is 15.3. The molecule has 1 saturated carbocycles. The summed E-state index contributed by atoms with van der Waals surface area (Å²) in [5.41, 5.74) is 0.947. The predicted octanol–water partition coefficient (Wildman–Crippen LogP) is 2.09. The van der Waals surface area contributed by atoms with Gasteiger partial charge in [0.25, 0.3) is 0 Å². The van der Waals surface area contributed by atoms with E-state index in [-0.39, 0.29) is 24.0 Å². The van der Waals surface area contributed by atoms with Gasteiger partial charge in [0, 0.05) is 18.4 Å². The molecule has 0 spiro atoms. The van der Waals surface area contributed by atoms with Crippen LogP contribution in [0.4, 0.5) is 4.79 Å². The van der Waals surface area contributed by atoms with Crippen molar-refractivity contribution in [2.75, 3.05) is 0 Å². The molecule has 1 unspecified atom stereocenters. The largest absolute Gasteiger partial charge is 0.481 e. The number of hydrogen-bond acceptors (Lipinski definition) is 3. The standard InChI is InChI=1S/C15H21N3O3/c1-10(12-3-2-8-16-9-12)17-15(21)18-13-6-4-11(5-7-13)14(19)20/h2-3,8-11,13H,4-7H2,1H3,(H,19,20)(H2,17,18,21). The molecule has 1 aliphatic rings. The third kappa shape index (κ3) is 4.44. The van der Waals surface area contributed by atoms with Gasteiger partial charge in [-0.15, -0.1) is 0 Å². The third-order valence-electron chi connectivity index (χ3n) is 3.94. The fourth-order valence-corrected chi connectivity index (χ4v) is 2.62. The van der Waals surface area contributed by atoms with E-state index in [1.54, 1.807) is 12.4 Å². The molecule has 1 aromatic heterocycles. The number of carboxylic acids is 1. The van der Waals surface area contributed by atoms with Gasteiger partial charge in [-0.25, -0.2) is 4.79 Å². The van der Waals surface area contributed by atoms with Crippen molar-refractivity contribution in [2.24, 2.45) is 5.92 Å². The first-order valence-electron chi connectivity index (χ1n) is 7.26. The van der Waals surface area contributed by atoms with E-state index >= 15 is 0 Å². The quantitative estimate of drug-likeness (QED) is 0.792. The van der Waals surface area contributed by atoms with Crippen LogP contribution in [0.5, 0.6) is 0 Å². The maximum absolute atomic E-state index is 12.0. The normalized spacial score (nSPS) is 23.1. The molecule has 2 amide bonds. The van der Waals surface area contributed by atoms with E-state index in [1.807, 2.05) is 19.1 Å². The van der Waals surface area contributed by atoms with E-state index in [4.69, 9.17) is 5.11 Å². The lowest BCUT2D eigenvalue weighted by Crippen LogP contribution is -2.44. The first-order chi connectivity index (χ1) is 10.1. The van der Waals surface area contributed by atoms with Crippen LogP contribution in [0.3, 0.4) is 0 Å². The van der Waals surface area contributed by atoms with Crippen molar-refractivity contribution in [1.82, 2.24) is 15.6 Å². The Morgan fingerprint density at radius 2 is 2.05 bits per heavy atom. The fourth-order valence-electron chi connectivity index (χ4n) is 2.62. The zero-order valence-electron chi connectivity index (χ0n) is 12.1. The van der Waals surface area contributed by atoms with Gasteiger partial charge in [0.05, 0.1) is 12.0 Å². The van der Waals surface area contributed by atoms with Gasteiger partial charge in [-0.3, -0.25) is 9.78 Å². The van der Waals surface area contributed by atoms with Crippen LogP contribution in [-0.2, 0) is 4.79 Å². The smallest absolute Gasteiger partial charge is 0.315 e. The lowest BCUT2D eigenvalue weighted by molar-refractivity contribution is -0.142. The van der Waals surface area contributed by atoms with Crippen LogP contribution >= 0.6 is 0 Å². The molecule has 3 N–H and O–H groups in total. The molecule has 114 valence electrons. The summed E-state index contributed by atoms with van der Waals surface area (Å²) < 4.78 is 0. The average molecular weight is 291 g/mol. The van der Waals surface area contributed by atoms with E-state index in [9.17, 15) is 9.59 Å². The predicted molar refractivity (Wildman–Crippen MR) is 77.7 cm³/mol. The molecule has 0 bridgehead atoms. The van der Waals surface area contributed by atoms with Crippen molar-refractivity contribution < 1.29 is 14.7 Å². The molecule has 1 aliphatic carbocycles. The molecular weight excluding hydrogens is 270 g/mol. The highest BCUT2D eigenvalue weighted by atomic mass is 16.4. The minimum Gasteiger partial charge on any atom is -0.481 e. The van der Waals surface area contributed by atoms with Crippen LogP contribution in [0.2, 0.25) is 0 Å². The topological polar surface area (TPSA) is 91.3 Å². The van der Waals surface area contributed by atoms with Crippen LogP contribution in [-0.4, -0.2) is 28.1 Å². The van der Waals surface area contributed by atoms with Crippen LogP contribution in [0.1, 0.15) is 44.2 Å². The number of amides is 2. The Balaban J connectivity index is 1.76. The molecule has 1 heterocycles. The molecule has 0 aromatic carbocycles. The van der Waals surface area contributed by atoms with Crippen LogP contribution in [0.25, 0.3) is 0 Å². The number of nitrogens with zero attached hydrogens (tertiary/aromatic N) is 1. The monoisotopic (exact) mass is 291 g/mol. The zero-order valence-corrected chi connectivity index (χ0v) is 12.1. The Hall–Kier alpha value is -2.11. The second kappa shape index (κ2) is 7.06. The molecular formula is C15H21N3O3. The maximum atomic E-state index is 12.0. The number of aromatic nitrogens is 1. The molecule has 1 atom stereocenters. The lowest BCUT2D eigenvalue weighted by Gasteiger charge is -2.27. The van der Waals surface area contributed by atoms with Gasteiger partial charge in [0.2, 0.25) is 0 Å². The molecule has 0 saturated heterocycles. The molecule has 1 fully saturated rings. The summed E-state index contributed by atoms with van der Waals surface area (Å²) in [4.78, 5) is 26.9. The van der Waals surface area contributed by atoms with Crippen molar-refractivity contribution in [2.45, 2.75) is 44.7 Å². The number of urea groups is 1. The maximum Gasteiger partial charge on any atom is 0.315 e. The Labute approximate surface area is 124 Å². The van der Waals surface area contributed by atoms with Crippen molar-refractivity contribution >= 4 is 12.0 Å². The summed E-state index contributed by atoms with van der Waals surface area (Å²) >= 11 is 0. The van der Waals surface area contributed by atoms with Crippen LogP contribution in [0.15, 0.2) is 24.5 Å². The van der Waals surface area contributed by atoms with Crippen molar-refractivity contribution in [3.8, 4) is 0 Å². The second-order valence-electron chi connectivity index (χ2n) is 5.51. The van der Waals surface area contributed by atoms with E-state index in [2.05, 4.69) is 15.6 Å². The number of pyridine rings is 1. The highest BCUT2D eigenvalue weighted by Crippen LogP contribution is 2.24. The van der Waals surface area contributed by atoms with Gasteiger partial charge in [-0.05, 0) is 44.2 Å². The summed E-state index contributed by atoms with van der Waals surface area (Å²) in [6, 6.07) is 3.47. The Kier molecular flexibility index (Phi) is 5.14. The van der Waals surface area contributed by atoms with E-state index in [1.165, 1.54) is 0 Å². The number of carboxylic acid groups (broad SMARTS) is 1. The first-order valence-corrected chi connectivity index (χ1v) is 7.26. The van der Waals surface area contributed by atoms with Gasteiger partial charge in [0.1, 0.15) is 0 Å². The molecule has 1 aromatic rings. The number of carbonyl (C=O) groups excluding carboxylic acids is 1. The summed E-state index contributed by atoms with van der Waals surface area (Å²) in [5.74, 6) is -0.997. The highest BCUT2D eigenvalue weighted by molar-refractivity contribution is 5.75. The SMILES string of the molecule is CC(NC(=O)NC1CCC(C(=O)O)CC1)c1cccnc1. The number of carbonyl (C=O) groups is 2. The zero-order chi connectivity index (χ0) is 15.2. The number of hydrogen-bond donors (Lipinski definition) is 3. The van der Waals surface area contributed by atoms with Gasteiger partial charge < -0.3 is 15.7 Å². The molecule has 2 rings (SSSR count). The van der Waals surface area contributed by atoms with Gasteiger partial charge in [-0.1, -0.05) is 6.07 Å². The number of rotatable bonds is 4. The Morgan fingerprint density at radius 3 is 2.62 bits per heavy atom. The van der Waals surface area contributed by atoms with Crippen molar-refractivity contribution in [3.05, 3.63) is 30.1 Å². The number of nitrogens with one attached hydrogen (secondary N) is 2. The fraction of sp³-hybridized carbons (Fsp3) is 0.533. The molecule has 0 radical (unpaired) electrons. The summed E-state index contributed by atoms with van der Waals surface area (Å²) in [6.07, 6.45) is 6.09. The average Bonchev–Trinajstić information content (AvgIpc) is 2.48.